The highest BCUT2D eigenvalue weighted by atomic mass is 16.5. The Hall–Kier alpha value is -1.92. The summed E-state index contributed by atoms with van der Waals surface area (Å²) in [5, 5.41) is 5.70. The molecule has 1 aromatic carbocycles. The number of rotatable bonds is 7. The van der Waals surface area contributed by atoms with E-state index in [1.165, 1.54) is 5.56 Å². The first-order chi connectivity index (χ1) is 13.1. The summed E-state index contributed by atoms with van der Waals surface area (Å²) in [6.45, 7) is 13.5. The van der Waals surface area contributed by atoms with Crippen molar-refractivity contribution in [3.8, 4) is 0 Å². The Morgan fingerprint density at radius 3 is 2.18 bits per heavy atom. The van der Waals surface area contributed by atoms with E-state index in [9.17, 15) is 9.59 Å². The van der Waals surface area contributed by atoms with Crippen molar-refractivity contribution in [2.24, 2.45) is 5.41 Å². The van der Waals surface area contributed by atoms with E-state index >= 15 is 0 Å². The van der Waals surface area contributed by atoms with Gasteiger partial charge in [0.05, 0.1) is 12.2 Å². The molecule has 2 amide bonds. The second-order valence-corrected chi connectivity index (χ2v) is 8.80. The van der Waals surface area contributed by atoms with E-state index < -0.39 is 5.41 Å². The molecule has 1 fully saturated rings. The average molecular weight is 390 g/mol. The van der Waals surface area contributed by atoms with Gasteiger partial charge in [-0.15, -0.1) is 0 Å². The summed E-state index contributed by atoms with van der Waals surface area (Å²) in [6.07, 6.45) is 0.825. The molecular formula is C22H35N3O3. The van der Waals surface area contributed by atoms with Crippen molar-refractivity contribution < 1.29 is 14.3 Å². The van der Waals surface area contributed by atoms with Crippen LogP contribution in [-0.2, 0) is 27.4 Å². The molecule has 1 saturated heterocycles. The third-order valence-corrected chi connectivity index (χ3v) is 4.73. The Morgan fingerprint density at radius 1 is 1.04 bits per heavy atom. The van der Waals surface area contributed by atoms with Gasteiger partial charge < -0.3 is 15.4 Å². The van der Waals surface area contributed by atoms with E-state index in [-0.39, 0.29) is 30.4 Å². The van der Waals surface area contributed by atoms with Gasteiger partial charge in [0.2, 0.25) is 11.8 Å². The van der Waals surface area contributed by atoms with Gasteiger partial charge in [-0.3, -0.25) is 14.5 Å². The van der Waals surface area contributed by atoms with Crippen molar-refractivity contribution in [3.63, 3.8) is 0 Å². The molecule has 1 heterocycles. The van der Waals surface area contributed by atoms with Crippen molar-refractivity contribution in [3.05, 3.63) is 35.4 Å². The van der Waals surface area contributed by atoms with Crippen LogP contribution in [0.2, 0.25) is 0 Å². The van der Waals surface area contributed by atoms with Crippen LogP contribution in [0, 0.1) is 5.41 Å². The maximum Gasteiger partial charge on any atom is 0.225 e. The summed E-state index contributed by atoms with van der Waals surface area (Å²) in [5.41, 5.74) is 1.90. The number of hydrogen-bond acceptors (Lipinski definition) is 4. The summed E-state index contributed by atoms with van der Waals surface area (Å²) in [4.78, 5) is 26.2. The number of ether oxygens (including phenoxy) is 1. The van der Waals surface area contributed by atoms with Crippen molar-refractivity contribution in [2.45, 2.75) is 66.3 Å². The summed E-state index contributed by atoms with van der Waals surface area (Å²) < 4.78 is 5.78. The molecule has 2 rings (SSSR count). The van der Waals surface area contributed by atoms with Crippen LogP contribution in [0.3, 0.4) is 0 Å². The first-order valence-corrected chi connectivity index (χ1v) is 10.1. The van der Waals surface area contributed by atoms with Crippen LogP contribution in [0.25, 0.3) is 0 Å². The first kappa shape index (κ1) is 22.4. The highest BCUT2D eigenvalue weighted by Crippen LogP contribution is 2.15. The van der Waals surface area contributed by atoms with Crippen LogP contribution in [-0.4, -0.2) is 48.6 Å². The zero-order chi connectivity index (χ0) is 20.7. The first-order valence-electron chi connectivity index (χ1n) is 10.1. The molecule has 0 aromatic heterocycles. The fourth-order valence-corrected chi connectivity index (χ4v) is 3.28. The van der Waals surface area contributed by atoms with Gasteiger partial charge in [0.15, 0.2) is 0 Å². The van der Waals surface area contributed by atoms with Crippen molar-refractivity contribution in [1.82, 2.24) is 15.5 Å². The molecular weight excluding hydrogens is 354 g/mol. The van der Waals surface area contributed by atoms with E-state index in [1.807, 2.05) is 20.8 Å². The molecule has 2 N–H and O–H groups in total. The van der Waals surface area contributed by atoms with Gasteiger partial charge in [0.1, 0.15) is 0 Å². The Kier molecular flexibility index (Phi) is 8.01. The largest absolute Gasteiger partial charge is 0.373 e. The minimum absolute atomic E-state index is 0.0417. The minimum Gasteiger partial charge on any atom is -0.373 e. The maximum atomic E-state index is 12.0. The Bertz CT molecular complexity index is 642. The number of hydrogen-bond donors (Lipinski definition) is 2. The third kappa shape index (κ3) is 7.60. The zero-order valence-corrected chi connectivity index (χ0v) is 17.9. The highest BCUT2D eigenvalue weighted by molar-refractivity contribution is 5.82. The van der Waals surface area contributed by atoms with Gasteiger partial charge in [-0.25, -0.2) is 0 Å². The molecule has 0 saturated carbocycles. The monoisotopic (exact) mass is 389 g/mol. The molecule has 0 bridgehead atoms. The molecule has 28 heavy (non-hydrogen) atoms. The van der Waals surface area contributed by atoms with Crippen LogP contribution < -0.4 is 10.6 Å². The molecule has 1 aliphatic heterocycles. The highest BCUT2D eigenvalue weighted by Gasteiger charge is 2.22. The second kappa shape index (κ2) is 10.0. The van der Waals surface area contributed by atoms with E-state index in [0.29, 0.717) is 13.1 Å². The van der Waals surface area contributed by atoms with Crippen LogP contribution >= 0.6 is 0 Å². The number of benzene rings is 1. The number of amides is 2. The number of morpholine rings is 1. The zero-order valence-electron chi connectivity index (χ0n) is 17.9. The molecule has 0 radical (unpaired) electrons. The van der Waals surface area contributed by atoms with Crippen LogP contribution in [0.1, 0.15) is 52.2 Å². The quantitative estimate of drug-likeness (QED) is 0.752. The van der Waals surface area contributed by atoms with E-state index in [1.54, 1.807) is 0 Å². The predicted octanol–water partition coefficient (Wildman–Crippen LogP) is 2.46. The lowest BCUT2D eigenvalue weighted by Crippen LogP contribution is -2.44. The van der Waals surface area contributed by atoms with Crippen molar-refractivity contribution >= 4 is 11.8 Å². The lowest BCUT2D eigenvalue weighted by atomic mass is 9.96. The Morgan fingerprint density at radius 2 is 1.61 bits per heavy atom. The summed E-state index contributed by atoms with van der Waals surface area (Å²) in [7, 11) is 0. The van der Waals surface area contributed by atoms with E-state index in [0.717, 1.165) is 25.2 Å². The van der Waals surface area contributed by atoms with Gasteiger partial charge in [0, 0.05) is 44.6 Å². The smallest absolute Gasteiger partial charge is 0.225 e. The third-order valence-electron chi connectivity index (χ3n) is 4.73. The number of nitrogens with one attached hydrogen (secondary N) is 2. The fourth-order valence-electron chi connectivity index (χ4n) is 3.28. The fraction of sp³-hybridized carbons (Fsp3) is 0.636. The normalized spacial score (nSPS) is 20.6. The Labute approximate surface area is 169 Å². The minimum atomic E-state index is -0.435. The molecule has 2 unspecified atom stereocenters. The number of carbonyl (C=O) groups is 2. The summed E-state index contributed by atoms with van der Waals surface area (Å²) in [5.74, 6) is -0.102. The Balaban J connectivity index is 1.70. The molecule has 1 aliphatic rings. The van der Waals surface area contributed by atoms with Gasteiger partial charge >= 0.3 is 0 Å². The average Bonchev–Trinajstić information content (AvgIpc) is 2.59. The topological polar surface area (TPSA) is 70.7 Å². The van der Waals surface area contributed by atoms with Gasteiger partial charge in [-0.2, -0.15) is 0 Å². The molecule has 0 spiro atoms. The predicted molar refractivity (Wildman–Crippen MR) is 111 cm³/mol. The molecule has 6 heteroatoms. The molecule has 0 aliphatic carbocycles. The number of carbonyl (C=O) groups excluding carboxylic acids is 2. The number of nitrogens with zero attached hydrogens (tertiary/aromatic N) is 1. The van der Waals surface area contributed by atoms with E-state index in [4.69, 9.17) is 4.74 Å². The standard InChI is InChI=1S/C22H35N3O3/c1-16-13-25(14-17(2)28-16)15-19-8-6-18(7-9-19)12-24-20(26)10-11-23-21(27)22(3,4)5/h6-9,16-17H,10-15H2,1-5H3,(H,23,27)(H,24,26). The lowest BCUT2D eigenvalue weighted by molar-refractivity contribution is -0.128. The van der Waals surface area contributed by atoms with Crippen LogP contribution in [0.15, 0.2) is 24.3 Å². The van der Waals surface area contributed by atoms with Gasteiger partial charge in [-0.1, -0.05) is 45.0 Å². The van der Waals surface area contributed by atoms with Crippen molar-refractivity contribution in [1.29, 1.82) is 0 Å². The maximum absolute atomic E-state index is 12.0. The van der Waals surface area contributed by atoms with Crippen molar-refractivity contribution in [2.75, 3.05) is 19.6 Å². The summed E-state index contributed by atoms with van der Waals surface area (Å²) >= 11 is 0. The summed E-state index contributed by atoms with van der Waals surface area (Å²) in [6, 6.07) is 8.36. The van der Waals surface area contributed by atoms with Gasteiger partial charge in [0.25, 0.3) is 0 Å². The SMILES string of the molecule is CC1CN(Cc2ccc(CNC(=O)CCNC(=O)C(C)(C)C)cc2)CC(C)O1. The molecule has 2 atom stereocenters. The molecule has 156 valence electrons. The van der Waals surface area contributed by atoms with E-state index in [2.05, 4.69) is 53.6 Å². The molecule has 1 aromatic rings. The van der Waals surface area contributed by atoms with Gasteiger partial charge in [-0.05, 0) is 25.0 Å². The van der Waals surface area contributed by atoms with Crippen LogP contribution in [0.5, 0.6) is 0 Å². The lowest BCUT2D eigenvalue weighted by Gasteiger charge is -2.35. The van der Waals surface area contributed by atoms with Crippen LogP contribution in [0.4, 0.5) is 0 Å². The molecule has 6 nitrogen and oxygen atoms in total. The second-order valence-electron chi connectivity index (χ2n) is 8.80.